The molecule has 0 heterocycles. The fraction of sp³-hybridized carbons (Fsp3) is 0.706. The minimum Gasteiger partial charge on any atom is -0.462 e. The van der Waals surface area contributed by atoms with Crippen molar-refractivity contribution in [3.63, 3.8) is 0 Å². The highest BCUT2D eigenvalue weighted by Gasteiger charge is 2.27. The van der Waals surface area contributed by atoms with Crippen LogP contribution in [0.1, 0.15) is 117 Å². The van der Waals surface area contributed by atoms with E-state index in [-0.39, 0.29) is 19.4 Å². The number of hydrogen-bond acceptors (Lipinski definition) is 9. The van der Waals surface area contributed by atoms with Crippen molar-refractivity contribution >= 4 is 19.8 Å². The minimum absolute atomic E-state index is 0.166. The quantitative estimate of drug-likeness (QED) is 0.0308. The lowest BCUT2D eigenvalue weighted by Crippen LogP contribution is -2.29. The van der Waals surface area contributed by atoms with Crippen LogP contribution in [0, 0.1) is 0 Å². The first-order chi connectivity index (χ1) is 21.7. The normalized spacial score (nSPS) is 14.9. The summed E-state index contributed by atoms with van der Waals surface area (Å²) in [6.07, 6.45) is 28.9. The number of aliphatic hydroxyl groups is 2. The third kappa shape index (κ3) is 30.4. The number of ether oxygens (including phenoxy) is 2. The summed E-state index contributed by atoms with van der Waals surface area (Å²) in [5, 5.41) is 18.1. The van der Waals surface area contributed by atoms with Gasteiger partial charge in [-0.2, -0.15) is 0 Å². The molecule has 10 nitrogen and oxygen atoms in total. The van der Waals surface area contributed by atoms with Gasteiger partial charge in [0.15, 0.2) is 6.10 Å². The molecule has 11 heteroatoms. The van der Waals surface area contributed by atoms with Gasteiger partial charge in [0.1, 0.15) is 12.7 Å². The highest BCUT2D eigenvalue weighted by molar-refractivity contribution is 7.47. The summed E-state index contributed by atoms with van der Waals surface area (Å²) in [5.41, 5.74) is 0. The zero-order chi connectivity index (χ0) is 33.4. The van der Waals surface area contributed by atoms with Crippen LogP contribution in [0.3, 0.4) is 0 Å². The molecular weight excluding hydrogens is 599 g/mol. The molecule has 0 spiro atoms. The summed E-state index contributed by atoms with van der Waals surface area (Å²) in [6.45, 7) is 2.01. The average molecular weight is 659 g/mol. The molecule has 0 radical (unpaired) electrons. The molecule has 0 aromatic carbocycles. The van der Waals surface area contributed by atoms with Crippen molar-refractivity contribution < 1.29 is 47.8 Å². The largest absolute Gasteiger partial charge is 0.472 e. The first-order valence-corrected chi connectivity index (χ1v) is 18.1. The van der Waals surface area contributed by atoms with E-state index in [9.17, 15) is 24.2 Å². The molecule has 0 aliphatic heterocycles. The van der Waals surface area contributed by atoms with Crippen LogP contribution in [0.5, 0.6) is 0 Å². The molecule has 3 atom stereocenters. The minimum atomic E-state index is -4.60. The molecule has 0 aromatic heterocycles. The number of rotatable bonds is 30. The Kier molecular flexibility index (Phi) is 29.2. The van der Waals surface area contributed by atoms with Gasteiger partial charge in [-0.25, -0.2) is 4.57 Å². The van der Waals surface area contributed by atoms with Crippen LogP contribution >= 0.6 is 7.82 Å². The molecular formula is C34H59O10P. The van der Waals surface area contributed by atoms with Crippen molar-refractivity contribution in [2.75, 3.05) is 26.4 Å². The lowest BCUT2D eigenvalue weighted by atomic mass is 10.1. The van der Waals surface area contributed by atoms with Crippen molar-refractivity contribution in [3.05, 3.63) is 48.6 Å². The molecule has 0 aliphatic carbocycles. The van der Waals surface area contributed by atoms with Gasteiger partial charge >= 0.3 is 19.8 Å². The van der Waals surface area contributed by atoms with Crippen molar-refractivity contribution in [2.45, 2.75) is 129 Å². The summed E-state index contributed by atoms with van der Waals surface area (Å²) < 4.78 is 32.1. The molecule has 45 heavy (non-hydrogen) atoms. The van der Waals surface area contributed by atoms with Crippen molar-refractivity contribution in [2.24, 2.45) is 0 Å². The van der Waals surface area contributed by atoms with E-state index in [0.717, 1.165) is 77.0 Å². The van der Waals surface area contributed by atoms with Crippen molar-refractivity contribution in [1.29, 1.82) is 0 Å². The molecule has 0 saturated heterocycles. The Bertz CT molecular complexity index is 899. The number of phosphoric ester groups is 1. The second kappa shape index (κ2) is 30.6. The standard InChI is InChI=1S/C34H59O10P/c1-3-5-7-8-9-10-11-12-13-14-15-16-17-18-19-20-21-22-24-26-34(38)44-32(29-41-33(37)25-23-6-4-2)30-43-45(39,40)42-28-31(36)27-35/h5,7,9-10,12-13,15-16,31-32,35-36H,3-4,6,8,11,14,17-30H2,1-2H3,(H,39,40)/b7-5-,10-9-,13-12-,16-15-. The number of carbonyl (C=O) groups excluding carboxylic acids is 2. The smallest absolute Gasteiger partial charge is 0.462 e. The monoisotopic (exact) mass is 658 g/mol. The lowest BCUT2D eigenvalue weighted by Gasteiger charge is -2.20. The Morgan fingerprint density at radius 3 is 1.84 bits per heavy atom. The molecule has 3 N–H and O–H groups in total. The van der Waals surface area contributed by atoms with Gasteiger partial charge in [0.25, 0.3) is 0 Å². The maximum atomic E-state index is 12.4. The molecule has 0 saturated carbocycles. The maximum Gasteiger partial charge on any atom is 0.472 e. The molecule has 0 aromatic rings. The van der Waals surface area contributed by atoms with Gasteiger partial charge in [-0.05, 0) is 51.4 Å². The van der Waals surface area contributed by atoms with Crippen LogP contribution in [0.15, 0.2) is 48.6 Å². The molecule has 0 amide bonds. The van der Waals surface area contributed by atoms with E-state index in [1.807, 2.05) is 6.92 Å². The summed E-state index contributed by atoms with van der Waals surface area (Å²) in [6, 6.07) is 0. The Morgan fingerprint density at radius 2 is 1.22 bits per heavy atom. The summed E-state index contributed by atoms with van der Waals surface area (Å²) in [7, 11) is -4.60. The van der Waals surface area contributed by atoms with Crippen LogP contribution in [-0.2, 0) is 32.7 Å². The highest BCUT2D eigenvalue weighted by Crippen LogP contribution is 2.43. The second-order valence-electron chi connectivity index (χ2n) is 10.8. The topological polar surface area (TPSA) is 149 Å². The number of esters is 2. The van der Waals surface area contributed by atoms with Crippen LogP contribution in [0.4, 0.5) is 0 Å². The number of phosphoric acid groups is 1. The molecule has 260 valence electrons. The van der Waals surface area contributed by atoms with Gasteiger partial charge in [0, 0.05) is 12.8 Å². The van der Waals surface area contributed by atoms with E-state index in [4.69, 9.17) is 19.1 Å². The fourth-order valence-electron chi connectivity index (χ4n) is 3.92. The van der Waals surface area contributed by atoms with Crippen LogP contribution in [0.25, 0.3) is 0 Å². The van der Waals surface area contributed by atoms with Gasteiger partial charge in [-0.1, -0.05) is 101 Å². The van der Waals surface area contributed by atoms with Gasteiger partial charge in [0.2, 0.25) is 0 Å². The molecule has 0 rings (SSSR count). The van der Waals surface area contributed by atoms with Gasteiger partial charge < -0.3 is 24.6 Å². The summed E-state index contributed by atoms with van der Waals surface area (Å²) in [4.78, 5) is 34.2. The molecule has 0 fully saturated rings. The summed E-state index contributed by atoms with van der Waals surface area (Å²) in [5.74, 6) is -0.977. The Morgan fingerprint density at radius 1 is 0.689 bits per heavy atom. The van der Waals surface area contributed by atoms with Gasteiger partial charge in [0.05, 0.1) is 19.8 Å². The van der Waals surface area contributed by atoms with Crippen molar-refractivity contribution in [1.82, 2.24) is 0 Å². The maximum absolute atomic E-state index is 12.4. The Labute approximate surface area is 271 Å². The van der Waals surface area contributed by atoms with Gasteiger partial charge in [-0.3, -0.25) is 18.6 Å². The molecule has 0 bridgehead atoms. The predicted octanol–water partition coefficient (Wildman–Crippen LogP) is 7.43. The fourth-order valence-corrected chi connectivity index (χ4v) is 4.71. The number of carbonyl (C=O) groups is 2. The summed E-state index contributed by atoms with van der Waals surface area (Å²) >= 11 is 0. The van der Waals surface area contributed by atoms with E-state index in [1.54, 1.807) is 0 Å². The predicted molar refractivity (Wildman–Crippen MR) is 177 cm³/mol. The van der Waals surface area contributed by atoms with Crippen LogP contribution in [-0.4, -0.2) is 65.7 Å². The second-order valence-corrected chi connectivity index (χ2v) is 12.3. The van der Waals surface area contributed by atoms with E-state index in [0.29, 0.717) is 12.8 Å². The number of unbranched alkanes of at least 4 members (excludes halogenated alkanes) is 8. The third-order valence-electron chi connectivity index (χ3n) is 6.50. The van der Waals surface area contributed by atoms with Crippen LogP contribution in [0.2, 0.25) is 0 Å². The lowest BCUT2D eigenvalue weighted by molar-refractivity contribution is -0.161. The van der Waals surface area contributed by atoms with Crippen molar-refractivity contribution in [3.8, 4) is 0 Å². The SMILES string of the molecule is CC/C=C\C/C=C\C/C=C\C/C=C\CCCCCCCCC(=O)OC(COC(=O)CCCCC)COP(=O)(O)OCC(O)CO. The van der Waals surface area contributed by atoms with E-state index in [2.05, 4.69) is 60.1 Å². The number of hydrogen-bond donors (Lipinski definition) is 3. The average Bonchev–Trinajstić information content (AvgIpc) is 3.02. The number of allylic oxidation sites excluding steroid dienone is 8. The van der Waals surface area contributed by atoms with Crippen LogP contribution < -0.4 is 0 Å². The van der Waals surface area contributed by atoms with E-state index in [1.165, 1.54) is 0 Å². The van der Waals surface area contributed by atoms with E-state index < -0.39 is 51.8 Å². The number of aliphatic hydroxyl groups excluding tert-OH is 2. The zero-order valence-electron chi connectivity index (χ0n) is 27.6. The van der Waals surface area contributed by atoms with E-state index >= 15 is 0 Å². The van der Waals surface area contributed by atoms with Gasteiger partial charge in [-0.15, -0.1) is 0 Å². The first-order valence-electron chi connectivity index (χ1n) is 16.6. The molecule has 0 aliphatic rings. The first kappa shape index (κ1) is 42.9. The third-order valence-corrected chi connectivity index (χ3v) is 7.45. The highest BCUT2D eigenvalue weighted by atomic mass is 31.2. The molecule has 3 unspecified atom stereocenters. The Balaban J connectivity index is 4.23. The Hall–Kier alpha value is -2.07. The zero-order valence-corrected chi connectivity index (χ0v) is 28.5.